The fraction of sp³-hybridized carbons (Fsp3) is 0.400. The zero-order chi connectivity index (χ0) is 14.7. The van der Waals surface area contributed by atoms with Gasteiger partial charge in [-0.15, -0.1) is 11.6 Å². The molecule has 0 bridgehead atoms. The number of rotatable bonds is 5. The standard InChI is InChI=1S/C15H17Br2ClN2/c1-3-13-15(17)14(20(2)19-13)8-10(9-18)11-6-4-5-7-12(11)16/h4-7,10H,3,8-9H2,1-2H3. The van der Waals surface area contributed by atoms with E-state index in [-0.39, 0.29) is 5.92 Å². The van der Waals surface area contributed by atoms with Crippen molar-refractivity contribution in [3.63, 3.8) is 0 Å². The topological polar surface area (TPSA) is 17.8 Å². The zero-order valence-corrected chi connectivity index (χ0v) is 15.5. The van der Waals surface area contributed by atoms with Gasteiger partial charge in [0, 0.05) is 23.3 Å². The van der Waals surface area contributed by atoms with Crippen LogP contribution in [0.4, 0.5) is 0 Å². The lowest BCUT2D eigenvalue weighted by Gasteiger charge is -2.16. The number of hydrogen-bond donors (Lipinski definition) is 0. The molecule has 0 saturated carbocycles. The third kappa shape index (κ3) is 3.29. The number of aromatic nitrogens is 2. The van der Waals surface area contributed by atoms with Gasteiger partial charge in [0.1, 0.15) is 0 Å². The molecule has 0 saturated heterocycles. The van der Waals surface area contributed by atoms with E-state index in [1.165, 1.54) is 11.3 Å². The summed E-state index contributed by atoms with van der Waals surface area (Å²) in [4.78, 5) is 0. The fourth-order valence-electron chi connectivity index (χ4n) is 2.33. The van der Waals surface area contributed by atoms with Gasteiger partial charge in [0.15, 0.2) is 0 Å². The lowest BCUT2D eigenvalue weighted by molar-refractivity contribution is 0.653. The van der Waals surface area contributed by atoms with Crippen LogP contribution in [0.2, 0.25) is 0 Å². The summed E-state index contributed by atoms with van der Waals surface area (Å²) in [5, 5.41) is 4.55. The van der Waals surface area contributed by atoms with Crippen molar-refractivity contribution in [3.05, 3.63) is 50.2 Å². The van der Waals surface area contributed by atoms with Crippen molar-refractivity contribution in [1.29, 1.82) is 0 Å². The summed E-state index contributed by atoms with van der Waals surface area (Å²) in [5.74, 6) is 0.852. The Morgan fingerprint density at radius 2 is 2.00 bits per heavy atom. The summed E-state index contributed by atoms with van der Waals surface area (Å²) in [6.45, 7) is 2.11. The third-order valence-electron chi connectivity index (χ3n) is 3.47. The normalized spacial score (nSPS) is 12.7. The van der Waals surface area contributed by atoms with Crippen LogP contribution in [-0.2, 0) is 19.9 Å². The Labute approximate surface area is 141 Å². The number of alkyl halides is 1. The lowest BCUT2D eigenvalue weighted by atomic mass is 9.96. The van der Waals surface area contributed by atoms with Crippen molar-refractivity contribution in [3.8, 4) is 0 Å². The first kappa shape index (κ1) is 16.1. The van der Waals surface area contributed by atoms with E-state index in [0.717, 1.165) is 27.5 Å². The van der Waals surface area contributed by atoms with E-state index in [9.17, 15) is 0 Å². The molecule has 0 spiro atoms. The van der Waals surface area contributed by atoms with Gasteiger partial charge in [0.05, 0.1) is 15.9 Å². The molecule has 0 aliphatic rings. The molecule has 1 aromatic heterocycles. The second-order valence-electron chi connectivity index (χ2n) is 4.76. The number of halogens is 3. The number of aryl methyl sites for hydroxylation is 2. The minimum absolute atomic E-state index is 0.267. The van der Waals surface area contributed by atoms with Crippen molar-refractivity contribution in [2.24, 2.45) is 7.05 Å². The molecule has 5 heteroatoms. The van der Waals surface area contributed by atoms with E-state index < -0.39 is 0 Å². The van der Waals surface area contributed by atoms with Crippen LogP contribution in [0.25, 0.3) is 0 Å². The molecule has 2 aromatic rings. The van der Waals surface area contributed by atoms with Crippen molar-refractivity contribution in [1.82, 2.24) is 9.78 Å². The summed E-state index contributed by atoms with van der Waals surface area (Å²) >= 11 is 13.5. The van der Waals surface area contributed by atoms with Crippen LogP contribution >= 0.6 is 43.5 Å². The van der Waals surface area contributed by atoms with E-state index in [1.807, 2.05) is 17.8 Å². The molecule has 1 unspecified atom stereocenters. The smallest absolute Gasteiger partial charge is 0.0766 e. The SMILES string of the molecule is CCc1nn(C)c(CC(CCl)c2ccccc2Br)c1Br. The quantitative estimate of drug-likeness (QED) is 0.618. The van der Waals surface area contributed by atoms with Crippen LogP contribution in [0.1, 0.15) is 29.8 Å². The third-order valence-corrected chi connectivity index (χ3v) is 5.48. The molecule has 0 fully saturated rings. The molecule has 0 aliphatic carbocycles. The van der Waals surface area contributed by atoms with Crippen molar-refractivity contribution < 1.29 is 0 Å². The lowest BCUT2D eigenvalue weighted by Crippen LogP contribution is -2.09. The highest BCUT2D eigenvalue weighted by Gasteiger charge is 2.20. The van der Waals surface area contributed by atoms with Crippen molar-refractivity contribution in [2.75, 3.05) is 5.88 Å². The van der Waals surface area contributed by atoms with E-state index in [4.69, 9.17) is 11.6 Å². The number of benzene rings is 1. The number of hydrogen-bond acceptors (Lipinski definition) is 1. The molecule has 20 heavy (non-hydrogen) atoms. The maximum atomic E-state index is 6.20. The average molecular weight is 421 g/mol. The molecular weight excluding hydrogens is 403 g/mol. The van der Waals surface area contributed by atoms with Gasteiger partial charge in [-0.05, 0) is 40.4 Å². The van der Waals surface area contributed by atoms with Crippen molar-refractivity contribution in [2.45, 2.75) is 25.7 Å². The van der Waals surface area contributed by atoms with E-state index in [0.29, 0.717) is 5.88 Å². The molecule has 1 heterocycles. The van der Waals surface area contributed by atoms with Crippen LogP contribution < -0.4 is 0 Å². The van der Waals surface area contributed by atoms with Gasteiger partial charge < -0.3 is 0 Å². The Balaban J connectivity index is 2.32. The van der Waals surface area contributed by atoms with Gasteiger partial charge in [-0.3, -0.25) is 4.68 Å². The van der Waals surface area contributed by atoms with E-state index >= 15 is 0 Å². The molecule has 0 amide bonds. The highest BCUT2D eigenvalue weighted by Crippen LogP contribution is 2.32. The van der Waals surface area contributed by atoms with Gasteiger partial charge in [0.2, 0.25) is 0 Å². The first-order valence-corrected chi connectivity index (χ1v) is 8.71. The van der Waals surface area contributed by atoms with E-state index in [2.05, 4.69) is 62.1 Å². The van der Waals surface area contributed by atoms with Gasteiger partial charge >= 0.3 is 0 Å². The molecule has 0 radical (unpaired) electrons. The van der Waals surface area contributed by atoms with Crippen LogP contribution in [0.3, 0.4) is 0 Å². The Morgan fingerprint density at radius 3 is 2.55 bits per heavy atom. The van der Waals surface area contributed by atoms with Crippen LogP contribution in [-0.4, -0.2) is 15.7 Å². The minimum Gasteiger partial charge on any atom is -0.271 e. The molecule has 1 atom stereocenters. The predicted octanol–water partition coefficient (Wildman–Crippen LogP) is 5.07. The van der Waals surface area contributed by atoms with Crippen LogP contribution in [0, 0.1) is 0 Å². The minimum atomic E-state index is 0.267. The van der Waals surface area contributed by atoms with Gasteiger partial charge in [-0.1, -0.05) is 41.1 Å². The largest absolute Gasteiger partial charge is 0.271 e. The molecule has 0 aliphatic heterocycles. The second-order valence-corrected chi connectivity index (χ2v) is 6.72. The summed E-state index contributed by atoms with van der Waals surface area (Å²) in [5.41, 5.74) is 3.54. The summed E-state index contributed by atoms with van der Waals surface area (Å²) in [6.07, 6.45) is 1.80. The maximum absolute atomic E-state index is 6.20. The van der Waals surface area contributed by atoms with Gasteiger partial charge in [-0.25, -0.2) is 0 Å². The van der Waals surface area contributed by atoms with E-state index in [1.54, 1.807) is 0 Å². The Kier molecular flexibility index (Phi) is 5.70. The van der Waals surface area contributed by atoms with Gasteiger partial charge in [0.25, 0.3) is 0 Å². The summed E-state index contributed by atoms with van der Waals surface area (Å²) in [7, 11) is 1.99. The first-order valence-electron chi connectivity index (χ1n) is 6.59. The Bertz CT molecular complexity index is 596. The molecule has 1 aromatic carbocycles. The zero-order valence-electron chi connectivity index (χ0n) is 11.5. The van der Waals surface area contributed by atoms with Crippen LogP contribution in [0.15, 0.2) is 33.2 Å². The fourth-order valence-corrected chi connectivity index (χ4v) is 3.99. The molecule has 0 N–H and O–H groups in total. The maximum Gasteiger partial charge on any atom is 0.0766 e. The second kappa shape index (κ2) is 7.10. The number of nitrogens with zero attached hydrogens (tertiary/aromatic N) is 2. The molecule has 108 valence electrons. The first-order chi connectivity index (χ1) is 9.58. The predicted molar refractivity (Wildman–Crippen MR) is 91.6 cm³/mol. The highest BCUT2D eigenvalue weighted by atomic mass is 79.9. The Hall–Kier alpha value is -0.320. The van der Waals surface area contributed by atoms with Gasteiger partial charge in [-0.2, -0.15) is 5.10 Å². The summed E-state index contributed by atoms with van der Waals surface area (Å²) < 4.78 is 4.18. The average Bonchev–Trinajstić information content (AvgIpc) is 2.72. The monoisotopic (exact) mass is 418 g/mol. The van der Waals surface area contributed by atoms with Crippen molar-refractivity contribution >= 4 is 43.5 Å². The Morgan fingerprint density at radius 1 is 1.30 bits per heavy atom. The summed E-state index contributed by atoms with van der Waals surface area (Å²) in [6, 6.07) is 8.26. The molecular formula is C15H17Br2ClN2. The highest BCUT2D eigenvalue weighted by molar-refractivity contribution is 9.10. The molecule has 2 nitrogen and oxygen atoms in total. The molecule has 2 rings (SSSR count). The van der Waals surface area contributed by atoms with Crippen LogP contribution in [0.5, 0.6) is 0 Å².